The molecule has 0 bridgehead atoms. The molecule has 0 radical (unpaired) electrons. The van der Waals surface area contributed by atoms with Gasteiger partial charge in [0.25, 0.3) is 10.0 Å². The normalized spacial score (nSPS) is 12.0. The average Bonchev–Trinajstić information content (AvgIpc) is 2.37. The quantitative estimate of drug-likeness (QED) is 0.810. The lowest BCUT2D eigenvalue weighted by molar-refractivity contribution is 0.465. The minimum atomic E-state index is -3.44. The molecular formula is C12H21N3O2S. The summed E-state index contributed by atoms with van der Waals surface area (Å²) in [5, 5.41) is 3.28. The van der Waals surface area contributed by atoms with Crippen LogP contribution in [0.25, 0.3) is 0 Å². The Morgan fingerprint density at radius 1 is 1.33 bits per heavy atom. The molecule has 6 heteroatoms. The Kier molecular flexibility index (Phi) is 5.71. The van der Waals surface area contributed by atoms with Crippen LogP contribution in [0.1, 0.15) is 25.8 Å². The third-order valence-electron chi connectivity index (χ3n) is 2.59. The van der Waals surface area contributed by atoms with Crippen LogP contribution in [-0.4, -0.2) is 37.8 Å². The molecule has 0 aliphatic carbocycles. The lowest BCUT2D eigenvalue weighted by Crippen LogP contribution is -2.28. The number of sulfonamides is 1. The minimum Gasteiger partial charge on any atom is -0.313 e. The molecule has 0 atom stereocenters. The van der Waals surface area contributed by atoms with Crippen LogP contribution in [-0.2, 0) is 16.6 Å². The van der Waals surface area contributed by atoms with Crippen molar-refractivity contribution in [3.05, 3.63) is 23.9 Å². The smallest absolute Gasteiger partial charge is 0.260 e. The van der Waals surface area contributed by atoms with E-state index in [4.69, 9.17) is 0 Å². The van der Waals surface area contributed by atoms with Gasteiger partial charge in [0.05, 0.1) is 0 Å². The molecule has 0 amide bonds. The number of nitrogens with zero attached hydrogens (tertiary/aromatic N) is 2. The van der Waals surface area contributed by atoms with Crippen LogP contribution < -0.4 is 5.32 Å². The molecule has 0 aliphatic heterocycles. The SMILES string of the molecule is CCCN(C)S(=O)(=O)c1ccc(CNCC)cn1. The molecule has 1 aromatic heterocycles. The largest absolute Gasteiger partial charge is 0.313 e. The molecule has 0 aliphatic rings. The van der Waals surface area contributed by atoms with Gasteiger partial charge in [-0.2, -0.15) is 4.31 Å². The van der Waals surface area contributed by atoms with Crippen LogP contribution in [0.2, 0.25) is 0 Å². The molecule has 102 valence electrons. The summed E-state index contributed by atoms with van der Waals surface area (Å²) in [6, 6.07) is 3.36. The van der Waals surface area contributed by atoms with Crippen molar-refractivity contribution >= 4 is 10.0 Å². The maximum Gasteiger partial charge on any atom is 0.260 e. The number of nitrogens with one attached hydrogen (secondary N) is 1. The Labute approximate surface area is 109 Å². The van der Waals surface area contributed by atoms with Crippen molar-refractivity contribution in [1.29, 1.82) is 0 Å². The predicted octanol–water partition coefficient (Wildman–Crippen LogP) is 1.22. The molecule has 1 aromatic rings. The van der Waals surface area contributed by atoms with Gasteiger partial charge in [0.15, 0.2) is 5.03 Å². The van der Waals surface area contributed by atoms with Crippen LogP contribution >= 0.6 is 0 Å². The van der Waals surface area contributed by atoms with Crippen molar-refractivity contribution in [2.75, 3.05) is 20.1 Å². The Morgan fingerprint density at radius 2 is 2.06 bits per heavy atom. The third-order valence-corrected chi connectivity index (χ3v) is 4.36. The number of pyridine rings is 1. The Bertz CT molecular complexity index is 457. The molecule has 0 unspecified atom stereocenters. The summed E-state index contributed by atoms with van der Waals surface area (Å²) in [7, 11) is -1.86. The van der Waals surface area contributed by atoms with Crippen molar-refractivity contribution in [3.8, 4) is 0 Å². The first-order valence-electron chi connectivity index (χ1n) is 6.14. The van der Waals surface area contributed by atoms with Gasteiger partial charge < -0.3 is 5.32 Å². The number of hydrogen-bond acceptors (Lipinski definition) is 4. The molecule has 0 fully saturated rings. The Morgan fingerprint density at radius 3 is 2.56 bits per heavy atom. The highest BCUT2D eigenvalue weighted by atomic mass is 32.2. The highest BCUT2D eigenvalue weighted by Crippen LogP contribution is 2.12. The highest BCUT2D eigenvalue weighted by molar-refractivity contribution is 7.89. The van der Waals surface area contributed by atoms with E-state index in [9.17, 15) is 8.42 Å². The van der Waals surface area contributed by atoms with Gasteiger partial charge >= 0.3 is 0 Å². The number of rotatable bonds is 7. The molecule has 0 aromatic carbocycles. The van der Waals surface area contributed by atoms with Gasteiger partial charge in [-0.05, 0) is 24.6 Å². The topological polar surface area (TPSA) is 62.3 Å². The summed E-state index contributed by atoms with van der Waals surface area (Å²) in [5.74, 6) is 0. The second-order valence-electron chi connectivity index (χ2n) is 4.11. The minimum absolute atomic E-state index is 0.110. The second-order valence-corrected chi connectivity index (χ2v) is 6.10. The molecule has 0 spiro atoms. The maximum atomic E-state index is 12.1. The van der Waals surface area contributed by atoms with Gasteiger partial charge in [-0.25, -0.2) is 13.4 Å². The second kappa shape index (κ2) is 6.82. The molecule has 0 saturated heterocycles. The maximum absolute atomic E-state index is 12.1. The summed E-state index contributed by atoms with van der Waals surface area (Å²) >= 11 is 0. The van der Waals surface area contributed by atoms with E-state index in [0.29, 0.717) is 13.1 Å². The number of aromatic nitrogens is 1. The van der Waals surface area contributed by atoms with Crippen LogP contribution in [0.4, 0.5) is 0 Å². The first-order valence-corrected chi connectivity index (χ1v) is 7.58. The average molecular weight is 271 g/mol. The van der Waals surface area contributed by atoms with Gasteiger partial charge in [0.1, 0.15) is 0 Å². The van der Waals surface area contributed by atoms with E-state index in [2.05, 4.69) is 10.3 Å². The fourth-order valence-electron chi connectivity index (χ4n) is 1.53. The van der Waals surface area contributed by atoms with Crippen molar-refractivity contribution in [2.24, 2.45) is 0 Å². The van der Waals surface area contributed by atoms with E-state index in [1.165, 1.54) is 4.31 Å². The molecule has 5 nitrogen and oxygen atoms in total. The highest BCUT2D eigenvalue weighted by Gasteiger charge is 2.20. The molecule has 0 saturated carbocycles. The van der Waals surface area contributed by atoms with Gasteiger partial charge in [0.2, 0.25) is 0 Å². The Balaban J connectivity index is 2.84. The van der Waals surface area contributed by atoms with Crippen LogP contribution in [0.15, 0.2) is 23.4 Å². The van der Waals surface area contributed by atoms with Gasteiger partial charge in [-0.15, -0.1) is 0 Å². The number of hydrogen-bond donors (Lipinski definition) is 1. The van der Waals surface area contributed by atoms with Crippen molar-refractivity contribution < 1.29 is 8.42 Å². The zero-order valence-electron chi connectivity index (χ0n) is 11.2. The standard InChI is InChI=1S/C12H21N3O2S/c1-4-8-15(3)18(16,17)12-7-6-11(10-14-12)9-13-5-2/h6-7,10,13H,4-5,8-9H2,1-3H3. The van der Waals surface area contributed by atoms with E-state index in [1.807, 2.05) is 13.8 Å². The zero-order chi connectivity index (χ0) is 13.6. The van der Waals surface area contributed by atoms with Gasteiger partial charge in [-0.1, -0.05) is 19.9 Å². The summed E-state index contributed by atoms with van der Waals surface area (Å²) in [6.07, 6.45) is 2.39. The van der Waals surface area contributed by atoms with Crippen LogP contribution in [0, 0.1) is 0 Å². The van der Waals surface area contributed by atoms with Gasteiger partial charge in [-0.3, -0.25) is 0 Å². The molecule has 18 heavy (non-hydrogen) atoms. The Hall–Kier alpha value is -0.980. The van der Waals surface area contributed by atoms with Gasteiger partial charge in [0, 0.05) is 26.3 Å². The fraction of sp³-hybridized carbons (Fsp3) is 0.583. The summed E-state index contributed by atoms with van der Waals surface area (Å²) < 4.78 is 25.5. The van der Waals surface area contributed by atoms with Crippen molar-refractivity contribution in [1.82, 2.24) is 14.6 Å². The summed E-state index contributed by atoms with van der Waals surface area (Å²) in [5.41, 5.74) is 0.981. The molecule has 1 rings (SSSR count). The third kappa shape index (κ3) is 3.76. The summed E-state index contributed by atoms with van der Waals surface area (Å²) in [6.45, 7) is 6.04. The van der Waals surface area contributed by atoms with Crippen LogP contribution in [0.3, 0.4) is 0 Å². The first-order chi connectivity index (χ1) is 8.52. The predicted molar refractivity (Wildman–Crippen MR) is 71.7 cm³/mol. The molecular weight excluding hydrogens is 250 g/mol. The molecule has 1 heterocycles. The van der Waals surface area contributed by atoms with E-state index in [-0.39, 0.29) is 5.03 Å². The first kappa shape index (κ1) is 15.1. The van der Waals surface area contributed by atoms with Crippen molar-refractivity contribution in [2.45, 2.75) is 31.8 Å². The summed E-state index contributed by atoms with van der Waals surface area (Å²) in [4.78, 5) is 4.04. The molecule has 1 N–H and O–H groups in total. The van der Waals surface area contributed by atoms with Crippen molar-refractivity contribution in [3.63, 3.8) is 0 Å². The van der Waals surface area contributed by atoms with E-state index in [0.717, 1.165) is 18.5 Å². The monoisotopic (exact) mass is 271 g/mol. The van der Waals surface area contributed by atoms with Crippen LogP contribution in [0.5, 0.6) is 0 Å². The van der Waals surface area contributed by atoms with E-state index >= 15 is 0 Å². The lowest BCUT2D eigenvalue weighted by Gasteiger charge is -2.15. The van der Waals surface area contributed by atoms with E-state index in [1.54, 1.807) is 25.4 Å². The zero-order valence-corrected chi connectivity index (χ0v) is 12.0. The fourth-order valence-corrected chi connectivity index (χ4v) is 2.70. The lowest BCUT2D eigenvalue weighted by atomic mass is 10.3. The van der Waals surface area contributed by atoms with E-state index < -0.39 is 10.0 Å².